The molecular weight excluding hydrogens is 348 g/mol. The van der Waals surface area contributed by atoms with E-state index in [9.17, 15) is 13.2 Å². The average molecular weight is 361 g/mol. The van der Waals surface area contributed by atoms with Crippen molar-refractivity contribution < 1.29 is 13.2 Å². The van der Waals surface area contributed by atoms with Crippen LogP contribution in [-0.4, -0.2) is 31.6 Å². The fourth-order valence-corrected chi connectivity index (χ4v) is 3.50. The molecule has 0 saturated carbocycles. The maximum Gasteiger partial charge on any atom is 0.257 e. The van der Waals surface area contributed by atoms with E-state index in [2.05, 4.69) is 20.2 Å². The Kier molecular flexibility index (Phi) is 5.12. The maximum absolute atomic E-state index is 12.2. The van der Waals surface area contributed by atoms with Crippen LogP contribution in [0, 0.1) is 0 Å². The van der Waals surface area contributed by atoms with Crippen molar-refractivity contribution in [3.05, 3.63) is 33.8 Å². The Morgan fingerprint density at radius 3 is 2.68 bits per heavy atom. The summed E-state index contributed by atoms with van der Waals surface area (Å²) in [5.74, 6) is -0.483. The summed E-state index contributed by atoms with van der Waals surface area (Å²) in [5.41, 5.74) is 0.159. The van der Waals surface area contributed by atoms with Gasteiger partial charge in [-0.2, -0.15) is 0 Å². The molecule has 0 spiro atoms. The lowest BCUT2D eigenvalue weighted by molar-refractivity contribution is 0.102. The minimum atomic E-state index is -3.74. The molecule has 2 rings (SSSR count). The van der Waals surface area contributed by atoms with Gasteiger partial charge in [-0.1, -0.05) is 29.9 Å². The fraction of sp³-hybridized carbons (Fsp3) is 0.250. The number of sulfonamides is 1. The van der Waals surface area contributed by atoms with Crippen molar-refractivity contribution in [2.75, 3.05) is 12.4 Å². The van der Waals surface area contributed by atoms with Crippen LogP contribution >= 0.6 is 22.9 Å². The van der Waals surface area contributed by atoms with Crippen molar-refractivity contribution >= 4 is 44.0 Å². The van der Waals surface area contributed by atoms with Crippen molar-refractivity contribution in [3.8, 4) is 0 Å². The minimum absolute atomic E-state index is 0.0371. The number of hydrogen-bond acceptors (Lipinski definition) is 6. The molecule has 0 fully saturated rings. The molecule has 1 heterocycles. The molecule has 7 nitrogen and oxygen atoms in total. The van der Waals surface area contributed by atoms with Crippen LogP contribution < -0.4 is 10.0 Å². The molecule has 0 atom stereocenters. The van der Waals surface area contributed by atoms with Gasteiger partial charge in [-0.05, 0) is 31.7 Å². The zero-order valence-corrected chi connectivity index (χ0v) is 14.1. The van der Waals surface area contributed by atoms with Gasteiger partial charge in [0.15, 0.2) is 0 Å². The van der Waals surface area contributed by atoms with Crippen LogP contribution in [0.2, 0.25) is 5.02 Å². The molecule has 0 bridgehead atoms. The van der Waals surface area contributed by atoms with E-state index in [1.165, 1.54) is 36.6 Å². The first-order chi connectivity index (χ1) is 10.4. The van der Waals surface area contributed by atoms with Crippen LogP contribution in [0.3, 0.4) is 0 Å². The van der Waals surface area contributed by atoms with E-state index in [-0.39, 0.29) is 15.5 Å². The largest absolute Gasteiger partial charge is 0.296 e. The van der Waals surface area contributed by atoms with Gasteiger partial charge in [0.2, 0.25) is 15.2 Å². The average Bonchev–Trinajstić information content (AvgIpc) is 2.95. The second-order valence-corrected chi connectivity index (χ2v) is 7.49. The van der Waals surface area contributed by atoms with E-state index in [0.29, 0.717) is 5.13 Å². The lowest BCUT2D eigenvalue weighted by Gasteiger charge is -2.07. The number of aryl methyl sites for hydroxylation is 1. The van der Waals surface area contributed by atoms with E-state index in [4.69, 9.17) is 11.6 Å². The highest BCUT2D eigenvalue weighted by molar-refractivity contribution is 7.89. The number of aromatic nitrogens is 2. The highest BCUT2D eigenvalue weighted by Gasteiger charge is 2.19. The standard InChI is InChI=1S/C12H13ClN4O3S2/c1-3-10-16-17-12(21-10)15-11(18)7-4-5-8(13)9(6-7)22(19,20)14-2/h4-6,14H,3H2,1-2H3,(H,15,17,18). The van der Waals surface area contributed by atoms with Gasteiger partial charge in [0, 0.05) is 5.56 Å². The van der Waals surface area contributed by atoms with Crippen LogP contribution in [-0.2, 0) is 16.4 Å². The Bertz CT molecular complexity index is 804. The molecule has 2 aromatic rings. The minimum Gasteiger partial charge on any atom is -0.296 e. The van der Waals surface area contributed by atoms with Crippen LogP contribution in [0.4, 0.5) is 5.13 Å². The van der Waals surface area contributed by atoms with Crippen molar-refractivity contribution in [1.82, 2.24) is 14.9 Å². The molecule has 1 aromatic carbocycles. The summed E-state index contributed by atoms with van der Waals surface area (Å²) in [5, 5.41) is 11.5. The first-order valence-electron chi connectivity index (χ1n) is 6.24. The predicted molar refractivity (Wildman–Crippen MR) is 84.9 cm³/mol. The molecule has 2 N–H and O–H groups in total. The number of rotatable bonds is 5. The molecule has 1 amide bonds. The number of benzene rings is 1. The second-order valence-electron chi connectivity index (χ2n) is 4.16. The van der Waals surface area contributed by atoms with E-state index in [1.54, 1.807) is 0 Å². The third-order valence-corrected chi connectivity index (χ3v) is 5.62. The van der Waals surface area contributed by atoms with E-state index < -0.39 is 15.9 Å². The Balaban J connectivity index is 2.29. The highest BCUT2D eigenvalue weighted by Crippen LogP contribution is 2.23. The summed E-state index contributed by atoms with van der Waals surface area (Å²) in [7, 11) is -2.48. The molecule has 10 heteroatoms. The van der Waals surface area contributed by atoms with Gasteiger partial charge >= 0.3 is 0 Å². The third kappa shape index (κ3) is 3.61. The van der Waals surface area contributed by atoms with Gasteiger partial charge in [-0.3, -0.25) is 10.1 Å². The smallest absolute Gasteiger partial charge is 0.257 e. The molecule has 0 aliphatic heterocycles. The summed E-state index contributed by atoms with van der Waals surface area (Å²) in [6, 6.07) is 4.01. The molecule has 0 unspecified atom stereocenters. The lowest BCUT2D eigenvalue weighted by Crippen LogP contribution is -2.20. The number of nitrogens with zero attached hydrogens (tertiary/aromatic N) is 2. The Hall–Kier alpha value is -1.55. The summed E-state index contributed by atoms with van der Waals surface area (Å²) in [6.07, 6.45) is 0.721. The number of hydrogen-bond donors (Lipinski definition) is 2. The molecular formula is C12H13ClN4O3S2. The molecule has 0 aliphatic carbocycles. The molecule has 22 heavy (non-hydrogen) atoms. The van der Waals surface area contributed by atoms with Gasteiger partial charge in [0.1, 0.15) is 9.90 Å². The number of carbonyl (C=O) groups excluding carboxylic acids is 1. The first kappa shape index (κ1) is 16.8. The van der Waals surface area contributed by atoms with Gasteiger partial charge in [0.25, 0.3) is 5.91 Å². The fourth-order valence-electron chi connectivity index (χ4n) is 1.58. The van der Waals surface area contributed by atoms with Gasteiger partial charge < -0.3 is 0 Å². The molecule has 0 radical (unpaired) electrons. The predicted octanol–water partition coefficient (Wildman–Crippen LogP) is 1.91. The monoisotopic (exact) mass is 360 g/mol. The third-order valence-electron chi connectivity index (χ3n) is 2.74. The topological polar surface area (TPSA) is 101 Å². The van der Waals surface area contributed by atoms with Crippen molar-refractivity contribution in [1.29, 1.82) is 0 Å². The molecule has 118 valence electrons. The SMILES string of the molecule is CCc1nnc(NC(=O)c2ccc(Cl)c(S(=O)(=O)NC)c2)s1. The number of halogens is 1. The van der Waals surface area contributed by atoms with E-state index >= 15 is 0 Å². The Morgan fingerprint density at radius 2 is 2.09 bits per heavy atom. The first-order valence-corrected chi connectivity index (χ1v) is 8.92. The van der Waals surface area contributed by atoms with Gasteiger partial charge in [-0.15, -0.1) is 10.2 Å². The van der Waals surface area contributed by atoms with Crippen LogP contribution in [0.5, 0.6) is 0 Å². The second kappa shape index (κ2) is 6.69. The van der Waals surface area contributed by atoms with Crippen molar-refractivity contribution in [3.63, 3.8) is 0 Å². The number of nitrogens with one attached hydrogen (secondary N) is 2. The maximum atomic E-state index is 12.2. The van der Waals surface area contributed by atoms with Crippen molar-refractivity contribution in [2.45, 2.75) is 18.2 Å². The van der Waals surface area contributed by atoms with Crippen LogP contribution in [0.25, 0.3) is 0 Å². The zero-order valence-electron chi connectivity index (χ0n) is 11.8. The van der Waals surface area contributed by atoms with Gasteiger partial charge in [0.05, 0.1) is 5.02 Å². The van der Waals surface area contributed by atoms with E-state index in [0.717, 1.165) is 11.4 Å². The molecule has 0 aliphatic rings. The number of amides is 1. The normalized spacial score (nSPS) is 11.4. The summed E-state index contributed by atoms with van der Waals surface area (Å²) >= 11 is 7.14. The van der Waals surface area contributed by atoms with Crippen molar-refractivity contribution in [2.24, 2.45) is 0 Å². The highest BCUT2D eigenvalue weighted by atomic mass is 35.5. The Labute approximate surface area is 136 Å². The van der Waals surface area contributed by atoms with E-state index in [1.807, 2.05) is 6.92 Å². The Morgan fingerprint density at radius 1 is 1.36 bits per heavy atom. The quantitative estimate of drug-likeness (QED) is 0.848. The summed E-state index contributed by atoms with van der Waals surface area (Å²) in [4.78, 5) is 12.0. The summed E-state index contributed by atoms with van der Waals surface area (Å²) in [6.45, 7) is 1.93. The summed E-state index contributed by atoms with van der Waals surface area (Å²) < 4.78 is 25.9. The molecule has 0 saturated heterocycles. The number of anilines is 1. The van der Waals surface area contributed by atoms with Gasteiger partial charge in [-0.25, -0.2) is 13.1 Å². The molecule has 1 aromatic heterocycles. The van der Waals surface area contributed by atoms with Crippen LogP contribution in [0.1, 0.15) is 22.3 Å². The zero-order chi connectivity index (χ0) is 16.3. The number of carbonyl (C=O) groups is 1. The van der Waals surface area contributed by atoms with Crippen LogP contribution in [0.15, 0.2) is 23.1 Å². The lowest BCUT2D eigenvalue weighted by atomic mass is 10.2.